The Morgan fingerprint density at radius 1 is 0.568 bits per heavy atom. The molecule has 200 valence electrons. The third kappa shape index (κ3) is 8.63. The summed E-state index contributed by atoms with van der Waals surface area (Å²) in [5.41, 5.74) is 0. The van der Waals surface area contributed by atoms with Crippen LogP contribution in [0.3, 0.4) is 0 Å². The highest BCUT2D eigenvalue weighted by atomic mass is 32.2. The quantitative estimate of drug-likeness (QED) is 0.0840. The molecular weight excluding hydrogens is 545 g/mol. The first-order valence-electron chi connectivity index (χ1n) is 14.3. The number of hydrogen-bond donors (Lipinski definition) is 0. The van der Waals surface area contributed by atoms with E-state index in [-0.39, 0.29) is 0 Å². The maximum Gasteiger partial charge on any atom is 0.0528 e. The summed E-state index contributed by atoms with van der Waals surface area (Å²) < 4.78 is 0. The Morgan fingerprint density at radius 2 is 1.00 bits per heavy atom. The predicted octanol–water partition coefficient (Wildman–Crippen LogP) is 13.3. The van der Waals surface area contributed by atoms with Gasteiger partial charge < -0.3 is 0 Å². The van der Waals surface area contributed by atoms with Gasteiger partial charge in [-0.25, -0.2) is 0 Å². The summed E-state index contributed by atoms with van der Waals surface area (Å²) in [5, 5.41) is 7.32. The molecule has 0 N–H and O–H groups in total. The molecule has 0 fully saturated rings. The highest BCUT2D eigenvalue weighted by molar-refractivity contribution is 8.02. The van der Waals surface area contributed by atoms with Crippen molar-refractivity contribution in [1.29, 1.82) is 0 Å². The topological polar surface area (TPSA) is 0 Å². The Bertz CT molecular complexity index is 1060. The van der Waals surface area contributed by atoms with E-state index < -0.39 is 0 Å². The molecule has 0 saturated heterocycles. The first-order chi connectivity index (χ1) is 18.3. The lowest BCUT2D eigenvalue weighted by atomic mass is 10.1. The molecule has 3 heterocycles. The Morgan fingerprint density at radius 3 is 1.41 bits per heavy atom. The van der Waals surface area contributed by atoms with Gasteiger partial charge in [0.15, 0.2) is 0 Å². The molecule has 0 atom stereocenters. The SMILES string of the molecule is CCCCCCCCSc1cc2c(-c3cccs3)sc(-c3cccs3)c2cc1SCCCCCCCC. The van der Waals surface area contributed by atoms with Crippen LogP contribution in [0.15, 0.2) is 56.9 Å². The molecular formula is C32H42S5. The fourth-order valence-corrected chi connectivity index (χ4v) is 9.97. The number of rotatable bonds is 18. The van der Waals surface area contributed by atoms with Gasteiger partial charge in [0.05, 0.1) is 9.75 Å². The van der Waals surface area contributed by atoms with Gasteiger partial charge in [-0.1, -0.05) is 90.2 Å². The zero-order chi connectivity index (χ0) is 25.7. The summed E-state index contributed by atoms with van der Waals surface area (Å²) >= 11 is 9.93. The summed E-state index contributed by atoms with van der Waals surface area (Å²) in [6.45, 7) is 4.60. The second-order valence-corrected chi connectivity index (χ2v) is 15.0. The molecule has 37 heavy (non-hydrogen) atoms. The Labute approximate surface area is 245 Å². The maximum atomic E-state index is 2.54. The molecule has 0 aliphatic heterocycles. The number of fused-ring (bicyclic) bond motifs is 1. The Hall–Kier alpha value is -0.720. The number of hydrogen-bond acceptors (Lipinski definition) is 5. The lowest BCUT2D eigenvalue weighted by molar-refractivity contribution is 0.626. The second-order valence-electron chi connectivity index (χ2n) is 9.79. The first-order valence-corrected chi connectivity index (χ1v) is 18.8. The van der Waals surface area contributed by atoms with Gasteiger partial charge in [0.1, 0.15) is 0 Å². The highest BCUT2D eigenvalue weighted by Crippen LogP contribution is 2.49. The van der Waals surface area contributed by atoms with Crippen molar-refractivity contribution in [3.05, 3.63) is 47.2 Å². The Kier molecular flexibility index (Phi) is 13.0. The summed E-state index contributed by atoms with van der Waals surface area (Å²) in [4.78, 5) is 8.70. The van der Waals surface area contributed by atoms with Crippen LogP contribution in [0.25, 0.3) is 30.3 Å². The standard InChI is InChI=1S/C32H42S5/c1-3-5-7-9-11-13-19-35-29-23-25-26(24-30(29)36-20-14-12-10-8-6-4-2)32(28-18-16-22-34-28)37-31(25)27-17-15-21-33-27/h15-18,21-24H,3-14,19-20H2,1-2H3. The van der Waals surface area contributed by atoms with Gasteiger partial charge in [0.2, 0.25) is 0 Å². The minimum absolute atomic E-state index is 1.23. The van der Waals surface area contributed by atoms with E-state index in [9.17, 15) is 0 Å². The molecule has 0 bridgehead atoms. The van der Waals surface area contributed by atoms with Crippen molar-refractivity contribution in [2.24, 2.45) is 0 Å². The average molecular weight is 587 g/mol. The molecule has 0 radical (unpaired) electrons. The zero-order valence-electron chi connectivity index (χ0n) is 22.6. The van der Waals surface area contributed by atoms with Crippen molar-refractivity contribution in [2.75, 3.05) is 11.5 Å². The molecule has 1 aromatic carbocycles. The molecule has 0 aliphatic carbocycles. The lowest BCUT2D eigenvalue weighted by Gasteiger charge is -2.11. The monoisotopic (exact) mass is 586 g/mol. The van der Waals surface area contributed by atoms with Crippen LogP contribution in [0.4, 0.5) is 0 Å². The van der Waals surface area contributed by atoms with Crippen LogP contribution in [-0.2, 0) is 0 Å². The van der Waals surface area contributed by atoms with Crippen LogP contribution in [0, 0.1) is 0 Å². The number of thiophene rings is 3. The van der Waals surface area contributed by atoms with E-state index in [4.69, 9.17) is 0 Å². The molecule has 0 saturated carbocycles. The summed E-state index contributed by atoms with van der Waals surface area (Å²) in [7, 11) is 0. The highest BCUT2D eigenvalue weighted by Gasteiger charge is 2.19. The summed E-state index contributed by atoms with van der Waals surface area (Å²) in [6, 6.07) is 14.0. The largest absolute Gasteiger partial charge is 0.143 e. The smallest absolute Gasteiger partial charge is 0.0528 e. The van der Waals surface area contributed by atoms with Gasteiger partial charge >= 0.3 is 0 Å². The fourth-order valence-electron chi connectivity index (χ4n) is 4.68. The molecule has 0 nitrogen and oxygen atoms in total. The van der Waals surface area contributed by atoms with Crippen molar-refractivity contribution in [3.8, 4) is 19.5 Å². The van der Waals surface area contributed by atoms with Crippen molar-refractivity contribution in [3.63, 3.8) is 0 Å². The van der Waals surface area contributed by atoms with E-state index in [1.807, 2.05) is 34.0 Å². The summed E-state index contributed by atoms with van der Waals surface area (Å²) in [6.07, 6.45) is 16.4. The number of benzene rings is 1. The molecule has 4 aromatic rings. The number of unbranched alkanes of at least 4 members (excludes halogenated alkanes) is 10. The summed E-state index contributed by atoms with van der Waals surface area (Å²) in [5.74, 6) is 2.47. The lowest BCUT2D eigenvalue weighted by Crippen LogP contribution is -1.88. The molecule has 5 heteroatoms. The maximum absolute atomic E-state index is 2.54. The van der Waals surface area contributed by atoms with Crippen LogP contribution in [0.1, 0.15) is 90.9 Å². The Balaban J connectivity index is 1.55. The molecule has 0 spiro atoms. The predicted molar refractivity (Wildman–Crippen MR) is 177 cm³/mol. The van der Waals surface area contributed by atoms with Crippen molar-refractivity contribution in [1.82, 2.24) is 0 Å². The van der Waals surface area contributed by atoms with Crippen LogP contribution >= 0.6 is 57.5 Å². The van der Waals surface area contributed by atoms with E-state index in [1.165, 1.54) is 129 Å². The van der Waals surface area contributed by atoms with Gasteiger partial charge in [-0.15, -0.1) is 57.5 Å². The van der Waals surface area contributed by atoms with Gasteiger partial charge in [-0.05, 0) is 59.4 Å². The average Bonchev–Trinajstić information content (AvgIpc) is 3.69. The molecule has 0 amide bonds. The third-order valence-electron chi connectivity index (χ3n) is 6.78. The number of thioether (sulfide) groups is 2. The van der Waals surface area contributed by atoms with Crippen LogP contribution < -0.4 is 0 Å². The minimum atomic E-state index is 1.23. The van der Waals surface area contributed by atoms with Crippen molar-refractivity contribution in [2.45, 2.75) is 101 Å². The van der Waals surface area contributed by atoms with Gasteiger partial charge in [0, 0.05) is 30.3 Å². The second kappa shape index (κ2) is 16.4. The van der Waals surface area contributed by atoms with Gasteiger partial charge in [-0.3, -0.25) is 0 Å². The fraction of sp³-hybridized carbons (Fsp3) is 0.500. The van der Waals surface area contributed by atoms with Crippen LogP contribution in [-0.4, -0.2) is 11.5 Å². The normalized spacial score (nSPS) is 11.6. The van der Waals surface area contributed by atoms with E-state index >= 15 is 0 Å². The van der Waals surface area contributed by atoms with Crippen molar-refractivity contribution < 1.29 is 0 Å². The minimum Gasteiger partial charge on any atom is -0.143 e. The zero-order valence-corrected chi connectivity index (χ0v) is 26.6. The molecule has 0 aliphatic rings. The van der Waals surface area contributed by atoms with Crippen molar-refractivity contribution >= 4 is 68.3 Å². The molecule has 3 aromatic heterocycles. The van der Waals surface area contributed by atoms with E-state index in [0.717, 1.165) is 0 Å². The molecule has 4 rings (SSSR count). The van der Waals surface area contributed by atoms with Crippen LogP contribution in [0.2, 0.25) is 0 Å². The van der Waals surface area contributed by atoms with E-state index in [2.05, 4.69) is 84.5 Å². The van der Waals surface area contributed by atoms with Gasteiger partial charge in [-0.2, -0.15) is 0 Å². The van der Waals surface area contributed by atoms with Crippen LogP contribution in [0.5, 0.6) is 0 Å². The third-order valence-corrected chi connectivity index (χ3v) is 12.5. The first kappa shape index (κ1) is 29.3. The van der Waals surface area contributed by atoms with E-state index in [0.29, 0.717) is 0 Å². The van der Waals surface area contributed by atoms with Gasteiger partial charge in [0.25, 0.3) is 0 Å². The molecule has 0 unspecified atom stereocenters. The van der Waals surface area contributed by atoms with E-state index in [1.54, 1.807) is 0 Å².